The number of pyridine rings is 1. The molecule has 0 radical (unpaired) electrons. The van der Waals surface area contributed by atoms with Crippen molar-refractivity contribution in [3.63, 3.8) is 0 Å². The lowest BCUT2D eigenvalue weighted by Crippen LogP contribution is -2.38. The zero-order valence-corrected chi connectivity index (χ0v) is 14.3. The molecule has 0 spiro atoms. The number of hydrogen-bond acceptors (Lipinski definition) is 8. The summed E-state index contributed by atoms with van der Waals surface area (Å²) in [5.41, 5.74) is 5.01. The molecule has 3 heterocycles. The van der Waals surface area contributed by atoms with Gasteiger partial charge in [-0.25, -0.2) is 9.97 Å². The number of nitrogens with one attached hydrogen (secondary N) is 2. The van der Waals surface area contributed by atoms with Crippen LogP contribution >= 0.6 is 0 Å². The smallest absolute Gasteiger partial charge is 0.348 e. The Balaban J connectivity index is 1.84. The Bertz CT molecular complexity index is 800. The lowest BCUT2D eigenvalue weighted by atomic mass is 10.0. The molecule has 2 aromatic heterocycles. The van der Waals surface area contributed by atoms with Crippen LogP contribution in [0.25, 0.3) is 0 Å². The Morgan fingerprint density at radius 3 is 2.92 bits per heavy atom. The Labute approximate surface area is 149 Å². The van der Waals surface area contributed by atoms with Gasteiger partial charge in [0, 0.05) is 25.0 Å². The number of rotatable bonds is 5. The first-order valence-corrected chi connectivity index (χ1v) is 8.30. The van der Waals surface area contributed by atoms with E-state index in [1.165, 1.54) is 12.5 Å². The summed E-state index contributed by atoms with van der Waals surface area (Å²) in [5.74, 6) is -0.274. The highest BCUT2D eigenvalue weighted by atomic mass is 16.6. The molecule has 2 aromatic rings. The second-order valence-electron chi connectivity index (χ2n) is 6.01. The maximum atomic E-state index is 12.1. The lowest BCUT2D eigenvalue weighted by Gasteiger charge is -2.33. The lowest BCUT2D eigenvalue weighted by molar-refractivity contribution is -0.383. The van der Waals surface area contributed by atoms with E-state index in [4.69, 9.17) is 0 Å². The van der Waals surface area contributed by atoms with Gasteiger partial charge in [0.15, 0.2) is 0 Å². The van der Waals surface area contributed by atoms with Gasteiger partial charge in [0.2, 0.25) is 11.6 Å². The maximum Gasteiger partial charge on any atom is 0.355 e. The predicted octanol–water partition coefficient (Wildman–Crippen LogP) is 1.92. The first kappa shape index (κ1) is 17.5. The molecule has 1 aliphatic heterocycles. The second kappa shape index (κ2) is 7.72. The third kappa shape index (κ3) is 3.68. The molecule has 10 nitrogen and oxygen atoms in total. The molecule has 2 N–H and O–H groups in total. The van der Waals surface area contributed by atoms with Crippen LogP contribution < -0.4 is 15.8 Å². The topological polar surface area (TPSA) is 126 Å². The third-order valence-corrected chi connectivity index (χ3v) is 4.28. The molecule has 0 aromatic carbocycles. The monoisotopic (exact) mass is 357 g/mol. The van der Waals surface area contributed by atoms with Crippen molar-refractivity contribution >= 4 is 23.2 Å². The zero-order chi connectivity index (χ0) is 18.5. The fraction of sp³-hybridized carbons (Fsp3) is 0.375. The first-order chi connectivity index (χ1) is 12.6. The van der Waals surface area contributed by atoms with Crippen molar-refractivity contribution < 1.29 is 9.72 Å². The number of nitro groups is 1. The van der Waals surface area contributed by atoms with Crippen LogP contribution in [0.15, 0.2) is 30.9 Å². The zero-order valence-electron chi connectivity index (χ0n) is 14.3. The standard InChI is InChI=1S/C16H19N7O3/c1-11-5-2-3-8-22(11)15-13(23(25)26)14(18-10-19-15)20-21-16(24)12-6-4-7-17-9-12/h4,6-7,9-11H,2-3,5,8H2,1H3,(H,21,24)(H,18,19,20). The van der Waals surface area contributed by atoms with Crippen molar-refractivity contribution in [1.82, 2.24) is 20.4 Å². The predicted molar refractivity (Wildman–Crippen MR) is 94.7 cm³/mol. The van der Waals surface area contributed by atoms with E-state index < -0.39 is 10.8 Å². The maximum absolute atomic E-state index is 12.1. The summed E-state index contributed by atoms with van der Waals surface area (Å²) >= 11 is 0. The number of carbonyl (C=O) groups is 1. The van der Waals surface area contributed by atoms with Crippen LogP contribution in [-0.2, 0) is 0 Å². The second-order valence-corrected chi connectivity index (χ2v) is 6.01. The van der Waals surface area contributed by atoms with Gasteiger partial charge in [-0.1, -0.05) is 0 Å². The molecule has 1 amide bonds. The average molecular weight is 357 g/mol. The van der Waals surface area contributed by atoms with Crippen molar-refractivity contribution in [2.45, 2.75) is 32.2 Å². The van der Waals surface area contributed by atoms with Gasteiger partial charge in [-0.3, -0.25) is 30.7 Å². The minimum atomic E-state index is -0.533. The highest BCUT2D eigenvalue weighted by Crippen LogP contribution is 2.34. The number of amides is 1. The molecule has 26 heavy (non-hydrogen) atoms. The van der Waals surface area contributed by atoms with Gasteiger partial charge in [-0.05, 0) is 38.3 Å². The number of anilines is 2. The van der Waals surface area contributed by atoms with Gasteiger partial charge in [-0.15, -0.1) is 0 Å². The normalized spacial score (nSPS) is 16.8. The summed E-state index contributed by atoms with van der Waals surface area (Å²) in [6.45, 7) is 2.71. The molecular formula is C16H19N7O3. The van der Waals surface area contributed by atoms with Crippen LogP contribution in [0.3, 0.4) is 0 Å². The molecule has 1 unspecified atom stereocenters. The van der Waals surface area contributed by atoms with Gasteiger partial charge in [-0.2, -0.15) is 0 Å². The van der Waals surface area contributed by atoms with E-state index in [1.54, 1.807) is 18.3 Å². The van der Waals surface area contributed by atoms with Gasteiger partial charge in [0.25, 0.3) is 5.91 Å². The summed E-state index contributed by atoms with van der Waals surface area (Å²) in [6.07, 6.45) is 7.18. The van der Waals surface area contributed by atoms with Gasteiger partial charge < -0.3 is 4.90 Å². The molecule has 10 heteroatoms. The van der Waals surface area contributed by atoms with Crippen molar-refractivity contribution in [3.8, 4) is 0 Å². The Morgan fingerprint density at radius 1 is 1.38 bits per heavy atom. The molecule has 1 saturated heterocycles. The SMILES string of the molecule is CC1CCCCN1c1ncnc(NNC(=O)c2cccnc2)c1[N+](=O)[O-]. The van der Waals surface area contributed by atoms with Crippen molar-refractivity contribution in [3.05, 3.63) is 46.5 Å². The average Bonchev–Trinajstić information content (AvgIpc) is 2.66. The number of carbonyl (C=O) groups excluding carboxylic acids is 1. The van der Waals surface area contributed by atoms with Crippen LogP contribution in [0, 0.1) is 10.1 Å². The molecule has 1 fully saturated rings. The van der Waals surface area contributed by atoms with E-state index in [0.29, 0.717) is 12.1 Å². The van der Waals surface area contributed by atoms with Gasteiger partial charge in [0.05, 0.1) is 10.5 Å². The molecule has 1 aliphatic rings. The van der Waals surface area contributed by atoms with Crippen LogP contribution in [0.5, 0.6) is 0 Å². The Kier molecular flexibility index (Phi) is 5.20. The fourth-order valence-corrected chi connectivity index (χ4v) is 2.94. The number of piperidine rings is 1. The minimum absolute atomic E-state index is 0.0602. The summed E-state index contributed by atoms with van der Waals surface area (Å²) in [5, 5.41) is 11.6. The molecule has 3 rings (SSSR count). The van der Waals surface area contributed by atoms with E-state index in [2.05, 4.69) is 25.8 Å². The van der Waals surface area contributed by atoms with E-state index in [0.717, 1.165) is 19.3 Å². The Hall–Kier alpha value is -3.30. The molecular weight excluding hydrogens is 338 g/mol. The number of hydrazine groups is 1. The molecule has 1 atom stereocenters. The molecule has 0 bridgehead atoms. The quantitative estimate of drug-likeness (QED) is 0.614. The molecule has 0 aliphatic carbocycles. The van der Waals surface area contributed by atoms with Crippen LogP contribution in [0.4, 0.5) is 17.3 Å². The van der Waals surface area contributed by atoms with Gasteiger partial charge in [0.1, 0.15) is 6.33 Å². The summed E-state index contributed by atoms with van der Waals surface area (Å²) in [6, 6.07) is 3.35. The highest BCUT2D eigenvalue weighted by Gasteiger charge is 2.30. The molecule has 136 valence electrons. The number of nitrogens with zero attached hydrogens (tertiary/aromatic N) is 5. The fourth-order valence-electron chi connectivity index (χ4n) is 2.94. The Morgan fingerprint density at radius 2 is 2.23 bits per heavy atom. The summed E-state index contributed by atoms with van der Waals surface area (Å²) in [4.78, 5) is 37.0. The van der Waals surface area contributed by atoms with Crippen LogP contribution in [0.2, 0.25) is 0 Å². The van der Waals surface area contributed by atoms with Crippen molar-refractivity contribution in [2.75, 3.05) is 16.9 Å². The van der Waals surface area contributed by atoms with E-state index in [1.807, 2.05) is 11.8 Å². The van der Waals surface area contributed by atoms with E-state index in [-0.39, 0.29) is 23.4 Å². The van der Waals surface area contributed by atoms with Crippen molar-refractivity contribution in [1.29, 1.82) is 0 Å². The summed E-state index contributed by atoms with van der Waals surface area (Å²) in [7, 11) is 0. The highest BCUT2D eigenvalue weighted by molar-refractivity contribution is 5.94. The van der Waals surface area contributed by atoms with E-state index in [9.17, 15) is 14.9 Å². The largest absolute Gasteiger partial charge is 0.355 e. The van der Waals surface area contributed by atoms with Gasteiger partial charge >= 0.3 is 5.69 Å². The number of hydrogen-bond donors (Lipinski definition) is 2. The third-order valence-electron chi connectivity index (χ3n) is 4.28. The van der Waals surface area contributed by atoms with Crippen LogP contribution in [0.1, 0.15) is 36.5 Å². The van der Waals surface area contributed by atoms with Crippen LogP contribution in [-0.4, -0.2) is 38.4 Å². The first-order valence-electron chi connectivity index (χ1n) is 8.30. The summed E-state index contributed by atoms with van der Waals surface area (Å²) < 4.78 is 0. The minimum Gasteiger partial charge on any atom is -0.348 e. The molecule has 0 saturated carbocycles. The van der Waals surface area contributed by atoms with E-state index >= 15 is 0 Å². The van der Waals surface area contributed by atoms with Crippen molar-refractivity contribution in [2.24, 2.45) is 0 Å². The number of aromatic nitrogens is 3.